The van der Waals surface area contributed by atoms with Crippen LogP contribution in [0.2, 0.25) is 5.02 Å². The molecule has 3 rings (SSSR count). The van der Waals surface area contributed by atoms with E-state index in [0.29, 0.717) is 15.7 Å². The topological polar surface area (TPSA) is 99.6 Å². The van der Waals surface area contributed by atoms with Gasteiger partial charge in [-0.1, -0.05) is 23.7 Å². The summed E-state index contributed by atoms with van der Waals surface area (Å²) in [5.41, 5.74) is 0.547. The van der Waals surface area contributed by atoms with Crippen molar-refractivity contribution in [2.75, 3.05) is 11.4 Å². The Morgan fingerprint density at radius 2 is 2.16 bits per heavy atom. The van der Waals surface area contributed by atoms with Gasteiger partial charge in [-0.25, -0.2) is 9.78 Å². The summed E-state index contributed by atoms with van der Waals surface area (Å²) >= 11 is 7.28. The van der Waals surface area contributed by atoms with Crippen LogP contribution in [0.3, 0.4) is 0 Å². The number of thiazole rings is 1. The molecule has 2 N–H and O–H groups in total. The first kappa shape index (κ1) is 17.4. The number of halogens is 1. The molecule has 2 heterocycles. The van der Waals surface area contributed by atoms with Gasteiger partial charge in [0.15, 0.2) is 5.69 Å². The van der Waals surface area contributed by atoms with Gasteiger partial charge in [0.1, 0.15) is 5.01 Å². The van der Waals surface area contributed by atoms with E-state index < -0.39 is 11.9 Å². The molecule has 2 amide bonds. The van der Waals surface area contributed by atoms with Gasteiger partial charge in [0.2, 0.25) is 11.8 Å². The van der Waals surface area contributed by atoms with Gasteiger partial charge in [-0.2, -0.15) is 0 Å². The van der Waals surface area contributed by atoms with Crippen molar-refractivity contribution in [3.05, 3.63) is 45.4 Å². The zero-order valence-electron chi connectivity index (χ0n) is 12.9. The molecule has 25 heavy (non-hydrogen) atoms. The number of rotatable bonds is 5. The first-order chi connectivity index (χ1) is 12.0. The van der Waals surface area contributed by atoms with Crippen molar-refractivity contribution in [1.82, 2.24) is 10.3 Å². The van der Waals surface area contributed by atoms with Gasteiger partial charge >= 0.3 is 5.97 Å². The minimum atomic E-state index is -1.11. The lowest BCUT2D eigenvalue weighted by Crippen LogP contribution is -2.32. The van der Waals surface area contributed by atoms with Gasteiger partial charge in [0, 0.05) is 18.3 Å². The smallest absolute Gasteiger partial charge is 0.355 e. The lowest BCUT2D eigenvalue weighted by Gasteiger charge is -2.17. The van der Waals surface area contributed by atoms with Crippen LogP contribution in [0.4, 0.5) is 5.69 Å². The summed E-state index contributed by atoms with van der Waals surface area (Å²) in [5, 5.41) is 13.9. The quantitative estimate of drug-likeness (QED) is 0.829. The van der Waals surface area contributed by atoms with Crippen LogP contribution < -0.4 is 10.2 Å². The third-order valence-corrected chi connectivity index (χ3v) is 4.99. The number of aromatic nitrogens is 1. The van der Waals surface area contributed by atoms with E-state index in [1.165, 1.54) is 10.3 Å². The maximum Gasteiger partial charge on any atom is 0.355 e. The van der Waals surface area contributed by atoms with Crippen molar-refractivity contribution in [3.8, 4) is 0 Å². The van der Waals surface area contributed by atoms with Gasteiger partial charge in [0.25, 0.3) is 0 Å². The molecular weight excluding hydrogens is 366 g/mol. The third kappa shape index (κ3) is 3.80. The maximum absolute atomic E-state index is 12.3. The third-order valence-electron chi connectivity index (χ3n) is 3.82. The van der Waals surface area contributed by atoms with E-state index >= 15 is 0 Å². The average molecular weight is 380 g/mol. The molecule has 0 radical (unpaired) electrons. The number of carboxylic acids is 1. The minimum Gasteiger partial charge on any atom is -0.476 e. The molecule has 1 aromatic heterocycles. The van der Waals surface area contributed by atoms with E-state index in [0.717, 1.165) is 11.3 Å². The number of anilines is 1. The van der Waals surface area contributed by atoms with E-state index in [1.807, 2.05) is 0 Å². The van der Waals surface area contributed by atoms with Gasteiger partial charge in [0.05, 0.1) is 23.2 Å². The number of benzene rings is 1. The number of aromatic carboxylic acids is 1. The van der Waals surface area contributed by atoms with E-state index in [9.17, 15) is 14.4 Å². The van der Waals surface area contributed by atoms with Crippen LogP contribution >= 0.6 is 22.9 Å². The molecule has 0 aliphatic carbocycles. The normalized spacial score (nSPS) is 16.9. The predicted octanol–water partition coefficient (Wildman–Crippen LogP) is 2.16. The van der Waals surface area contributed by atoms with E-state index in [1.54, 1.807) is 24.3 Å². The number of hydrogen-bond donors (Lipinski definition) is 2. The molecule has 0 saturated carbocycles. The Labute approximate surface area is 152 Å². The molecule has 1 saturated heterocycles. The Morgan fingerprint density at radius 3 is 2.84 bits per heavy atom. The van der Waals surface area contributed by atoms with Crippen molar-refractivity contribution in [2.24, 2.45) is 5.92 Å². The summed E-state index contributed by atoms with van der Waals surface area (Å²) in [6, 6.07) is 6.99. The molecule has 1 aromatic carbocycles. The Hall–Kier alpha value is -2.45. The van der Waals surface area contributed by atoms with Gasteiger partial charge < -0.3 is 15.3 Å². The standard InChI is InChI=1S/C16H14ClN3O4S/c17-10-3-1-2-4-12(10)20-7-9(5-14(20)21)15(22)18-6-13-19-11(8-25-13)16(23)24/h1-4,8-9H,5-7H2,(H,18,22)(H,23,24)/t9-/m0/s1. The lowest BCUT2D eigenvalue weighted by atomic mass is 10.1. The second-order valence-corrected chi connectivity index (χ2v) is 6.86. The fourth-order valence-electron chi connectivity index (χ4n) is 2.58. The minimum absolute atomic E-state index is 0.0461. The van der Waals surface area contributed by atoms with Crippen molar-refractivity contribution in [2.45, 2.75) is 13.0 Å². The molecule has 9 heteroatoms. The van der Waals surface area contributed by atoms with E-state index in [-0.39, 0.29) is 37.0 Å². The van der Waals surface area contributed by atoms with Crippen LogP contribution in [-0.2, 0) is 16.1 Å². The Morgan fingerprint density at radius 1 is 1.40 bits per heavy atom. The fraction of sp³-hybridized carbons (Fsp3) is 0.250. The second-order valence-electron chi connectivity index (χ2n) is 5.51. The molecule has 1 aliphatic rings. The van der Waals surface area contributed by atoms with Crippen LogP contribution in [0.1, 0.15) is 21.9 Å². The van der Waals surface area contributed by atoms with Crippen LogP contribution in [0.15, 0.2) is 29.6 Å². The molecule has 2 aromatic rings. The monoisotopic (exact) mass is 379 g/mol. The number of carboxylic acid groups (broad SMARTS) is 1. The van der Waals surface area contributed by atoms with Crippen molar-refractivity contribution in [3.63, 3.8) is 0 Å². The van der Waals surface area contributed by atoms with Gasteiger partial charge in [-0.15, -0.1) is 11.3 Å². The molecule has 1 fully saturated rings. The van der Waals surface area contributed by atoms with Crippen LogP contribution in [0, 0.1) is 5.92 Å². The molecule has 1 atom stereocenters. The first-order valence-electron chi connectivity index (χ1n) is 7.46. The van der Waals surface area contributed by atoms with Crippen LogP contribution in [0.25, 0.3) is 0 Å². The second kappa shape index (κ2) is 7.20. The number of nitrogens with zero attached hydrogens (tertiary/aromatic N) is 2. The highest BCUT2D eigenvalue weighted by Gasteiger charge is 2.35. The molecule has 7 nitrogen and oxygen atoms in total. The average Bonchev–Trinajstić information content (AvgIpc) is 3.20. The first-order valence-corrected chi connectivity index (χ1v) is 8.71. The molecule has 0 unspecified atom stereocenters. The number of hydrogen-bond acceptors (Lipinski definition) is 5. The summed E-state index contributed by atoms with van der Waals surface area (Å²) in [7, 11) is 0. The zero-order valence-corrected chi connectivity index (χ0v) is 14.5. The summed E-state index contributed by atoms with van der Waals surface area (Å²) in [6.07, 6.45) is 0.106. The van der Waals surface area contributed by atoms with Crippen LogP contribution in [0.5, 0.6) is 0 Å². The fourth-order valence-corrected chi connectivity index (χ4v) is 3.53. The zero-order chi connectivity index (χ0) is 18.0. The van der Waals surface area contributed by atoms with Gasteiger partial charge in [-0.3, -0.25) is 9.59 Å². The number of para-hydroxylation sites is 1. The maximum atomic E-state index is 12.3. The molecule has 1 aliphatic heterocycles. The predicted molar refractivity (Wildman–Crippen MR) is 92.8 cm³/mol. The number of amides is 2. The SMILES string of the molecule is O=C(O)c1csc(CNC(=O)[C@H]2CC(=O)N(c3ccccc3Cl)C2)n1. The lowest BCUT2D eigenvalue weighted by molar-refractivity contribution is -0.126. The Balaban J connectivity index is 1.61. The summed E-state index contributed by atoms with van der Waals surface area (Å²) in [4.78, 5) is 40.7. The highest BCUT2D eigenvalue weighted by atomic mass is 35.5. The van der Waals surface area contributed by atoms with Crippen molar-refractivity contribution in [1.29, 1.82) is 0 Å². The van der Waals surface area contributed by atoms with E-state index in [2.05, 4.69) is 10.3 Å². The molecule has 0 bridgehead atoms. The largest absolute Gasteiger partial charge is 0.476 e. The van der Waals surface area contributed by atoms with Crippen LogP contribution in [-0.4, -0.2) is 34.4 Å². The summed E-state index contributed by atoms with van der Waals surface area (Å²) in [6.45, 7) is 0.389. The summed E-state index contributed by atoms with van der Waals surface area (Å²) in [5.74, 6) is -2.01. The molecule has 0 spiro atoms. The van der Waals surface area contributed by atoms with Crippen molar-refractivity contribution < 1.29 is 19.5 Å². The van der Waals surface area contributed by atoms with Gasteiger partial charge in [-0.05, 0) is 12.1 Å². The Bertz CT molecular complexity index is 838. The van der Waals surface area contributed by atoms with Crippen molar-refractivity contribution >= 4 is 46.4 Å². The Kier molecular flexibility index (Phi) is 5.00. The van der Waals surface area contributed by atoms with E-state index in [4.69, 9.17) is 16.7 Å². The number of nitrogens with one attached hydrogen (secondary N) is 1. The number of carbonyl (C=O) groups excluding carboxylic acids is 2. The highest BCUT2D eigenvalue weighted by molar-refractivity contribution is 7.09. The molecule has 130 valence electrons. The molecular formula is C16H14ClN3O4S. The number of carbonyl (C=O) groups is 3. The highest BCUT2D eigenvalue weighted by Crippen LogP contribution is 2.31. The summed E-state index contributed by atoms with van der Waals surface area (Å²) < 4.78 is 0.